The predicted octanol–water partition coefficient (Wildman–Crippen LogP) is 1.81. The van der Waals surface area contributed by atoms with E-state index in [0.717, 1.165) is 22.9 Å². The van der Waals surface area contributed by atoms with E-state index in [9.17, 15) is 30.0 Å². The molecule has 3 aromatic rings. The van der Waals surface area contributed by atoms with Gasteiger partial charge in [-0.3, -0.25) is 4.72 Å². The fourth-order valence-electron chi connectivity index (χ4n) is 2.66. The third kappa shape index (κ3) is 4.33. The number of sulfonamides is 2. The van der Waals surface area contributed by atoms with Crippen molar-refractivity contribution < 1.29 is 30.0 Å². The summed E-state index contributed by atoms with van der Waals surface area (Å²) in [6.07, 6.45) is -4.83. The van der Waals surface area contributed by atoms with Crippen LogP contribution < -0.4 is 4.72 Å². The first-order chi connectivity index (χ1) is 14.1. The van der Waals surface area contributed by atoms with Crippen molar-refractivity contribution in [3.05, 3.63) is 41.2 Å². The molecule has 3 rings (SSSR count). The zero-order valence-corrected chi connectivity index (χ0v) is 18.3. The minimum Gasteiger partial charge on any atom is -0.276 e. The first-order valence-electron chi connectivity index (χ1n) is 8.50. The number of nitrogens with one attached hydrogen (secondary N) is 1. The van der Waals surface area contributed by atoms with Crippen molar-refractivity contribution in [1.29, 1.82) is 0 Å². The molecule has 0 atom stereocenters. The lowest BCUT2D eigenvalue weighted by Crippen LogP contribution is -2.25. The van der Waals surface area contributed by atoms with E-state index in [2.05, 4.69) is 15.1 Å². The molecule has 0 unspecified atom stereocenters. The molecule has 0 radical (unpaired) electrons. The van der Waals surface area contributed by atoms with Crippen LogP contribution in [0.5, 0.6) is 0 Å². The van der Waals surface area contributed by atoms with Crippen LogP contribution in [-0.2, 0) is 26.2 Å². The van der Waals surface area contributed by atoms with Gasteiger partial charge in [-0.25, -0.2) is 22.2 Å². The highest BCUT2D eigenvalue weighted by Gasteiger charge is 2.34. The van der Waals surface area contributed by atoms with Gasteiger partial charge < -0.3 is 0 Å². The van der Waals surface area contributed by atoms with Gasteiger partial charge in [-0.05, 0) is 38.1 Å². The molecule has 2 aromatic heterocycles. The lowest BCUT2D eigenvalue weighted by Gasteiger charge is -2.17. The molecule has 0 amide bonds. The van der Waals surface area contributed by atoms with Gasteiger partial charge in [-0.15, -0.1) is 5.10 Å². The van der Waals surface area contributed by atoms with Crippen LogP contribution in [0.4, 0.5) is 18.9 Å². The Labute approximate surface area is 175 Å². The molecule has 0 aliphatic carbocycles. The predicted molar refractivity (Wildman–Crippen MR) is 103 cm³/mol. The van der Waals surface area contributed by atoms with Crippen LogP contribution in [-0.4, -0.2) is 54.8 Å². The highest BCUT2D eigenvalue weighted by atomic mass is 32.2. The van der Waals surface area contributed by atoms with Crippen LogP contribution in [0.25, 0.3) is 5.78 Å². The Balaban J connectivity index is 2.17. The van der Waals surface area contributed by atoms with Crippen LogP contribution in [0.2, 0.25) is 0 Å². The minimum absolute atomic E-state index is 0.0388. The van der Waals surface area contributed by atoms with Crippen molar-refractivity contribution in [3.8, 4) is 0 Å². The van der Waals surface area contributed by atoms with E-state index in [1.54, 1.807) is 19.9 Å². The van der Waals surface area contributed by atoms with E-state index in [1.807, 2.05) is 4.72 Å². The number of nitrogens with zero attached hydrogens (tertiary/aromatic N) is 5. The molecule has 0 fully saturated rings. The van der Waals surface area contributed by atoms with E-state index < -0.39 is 47.5 Å². The molecule has 168 valence electrons. The van der Waals surface area contributed by atoms with Crippen molar-refractivity contribution in [2.75, 3.05) is 18.8 Å². The molecular weight excluding hydrogens is 461 g/mol. The number of anilines is 1. The molecule has 15 heteroatoms. The normalized spacial score (nSPS) is 13.2. The maximum Gasteiger partial charge on any atom is 0.416 e. The van der Waals surface area contributed by atoms with Crippen LogP contribution in [0.15, 0.2) is 34.3 Å². The van der Waals surface area contributed by atoms with E-state index in [4.69, 9.17) is 0 Å². The maximum atomic E-state index is 13.2. The van der Waals surface area contributed by atoms with E-state index in [1.165, 1.54) is 0 Å². The maximum absolute atomic E-state index is 13.2. The van der Waals surface area contributed by atoms with Gasteiger partial charge in [-0.1, -0.05) is 0 Å². The molecule has 0 bridgehead atoms. The fraction of sp³-hybridized carbons (Fsp3) is 0.312. The average Bonchev–Trinajstić information content (AvgIpc) is 3.05. The van der Waals surface area contributed by atoms with Gasteiger partial charge in [0.05, 0.1) is 11.3 Å². The number of aromatic nitrogens is 4. The van der Waals surface area contributed by atoms with Crippen molar-refractivity contribution in [3.63, 3.8) is 0 Å². The third-order valence-corrected chi connectivity index (χ3v) is 7.16. The summed E-state index contributed by atoms with van der Waals surface area (Å²) in [5.74, 6) is -0.0388. The van der Waals surface area contributed by atoms with Crippen molar-refractivity contribution in [1.82, 2.24) is 23.9 Å². The smallest absolute Gasteiger partial charge is 0.276 e. The zero-order chi connectivity index (χ0) is 23.4. The van der Waals surface area contributed by atoms with Crippen molar-refractivity contribution in [2.45, 2.75) is 30.1 Å². The molecule has 10 nitrogen and oxygen atoms in total. The molecule has 2 heterocycles. The number of rotatable bonds is 5. The Bertz CT molecular complexity index is 1380. The van der Waals surface area contributed by atoms with Gasteiger partial charge in [0.15, 0.2) is 0 Å². The highest BCUT2D eigenvalue weighted by molar-refractivity contribution is 7.92. The van der Waals surface area contributed by atoms with Crippen LogP contribution in [0, 0.1) is 13.8 Å². The topological polar surface area (TPSA) is 127 Å². The summed E-state index contributed by atoms with van der Waals surface area (Å²) in [5.41, 5.74) is -0.958. The average molecular weight is 478 g/mol. The molecule has 0 saturated carbocycles. The third-order valence-electron chi connectivity index (χ3n) is 4.15. The second-order valence-corrected chi connectivity index (χ2v) is 10.4. The molecule has 0 aliphatic heterocycles. The summed E-state index contributed by atoms with van der Waals surface area (Å²) >= 11 is 0. The molecule has 1 aromatic carbocycles. The Morgan fingerprint density at radius 1 is 1.03 bits per heavy atom. The first-order valence-corrected chi connectivity index (χ1v) is 11.4. The highest BCUT2D eigenvalue weighted by Crippen LogP contribution is 2.35. The fourth-order valence-corrected chi connectivity index (χ4v) is 4.69. The van der Waals surface area contributed by atoms with Crippen molar-refractivity contribution >= 4 is 31.5 Å². The summed E-state index contributed by atoms with van der Waals surface area (Å²) in [5, 5.41) is 3.05. The van der Waals surface area contributed by atoms with E-state index in [0.29, 0.717) is 29.6 Å². The Hall–Kier alpha value is -2.78. The quantitative estimate of drug-likeness (QED) is 0.593. The van der Waals surface area contributed by atoms with Gasteiger partial charge in [0.25, 0.3) is 21.0 Å². The Morgan fingerprint density at radius 2 is 1.68 bits per heavy atom. The Morgan fingerprint density at radius 3 is 2.26 bits per heavy atom. The minimum atomic E-state index is -4.83. The molecule has 31 heavy (non-hydrogen) atoms. The van der Waals surface area contributed by atoms with Gasteiger partial charge >= 0.3 is 6.18 Å². The number of fused-ring (bicyclic) bond motifs is 1. The lowest BCUT2D eigenvalue weighted by atomic mass is 10.2. The summed E-state index contributed by atoms with van der Waals surface area (Å²) in [4.78, 5) is 7.19. The molecular formula is C16H17F3N6O4S2. The summed E-state index contributed by atoms with van der Waals surface area (Å²) in [6, 6.07) is 3.26. The largest absolute Gasteiger partial charge is 0.416 e. The monoisotopic (exact) mass is 478 g/mol. The standard InChI is InChI=1S/C16H17F3N6O4S2/c1-9-7-10(2)25-14(20-9)21-15(22-25)30(26,27)23-12-8-11(16(17,18)19)5-6-13(12)31(28,29)24(3)4/h5-8,23H,1-4H3. The zero-order valence-electron chi connectivity index (χ0n) is 16.6. The Kier molecular flexibility index (Phi) is 5.48. The molecule has 1 N–H and O–H groups in total. The van der Waals surface area contributed by atoms with Gasteiger partial charge in [-0.2, -0.15) is 26.6 Å². The molecule has 0 spiro atoms. The summed E-state index contributed by atoms with van der Waals surface area (Å²) < 4.78 is 93.9. The second kappa shape index (κ2) is 7.42. The number of benzene rings is 1. The van der Waals surface area contributed by atoms with Crippen LogP contribution in [0.1, 0.15) is 17.0 Å². The number of hydrogen-bond donors (Lipinski definition) is 1. The van der Waals surface area contributed by atoms with Crippen LogP contribution >= 0.6 is 0 Å². The number of hydrogen-bond acceptors (Lipinski definition) is 7. The number of alkyl halides is 3. The molecule has 0 aliphatic rings. The first kappa shape index (κ1) is 22.9. The van der Waals surface area contributed by atoms with Crippen LogP contribution in [0.3, 0.4) is 0 Å². The molecule has 0 saturated heterocycles. The van der Waals surface area contributed by atoms with E-state index >= 15 is 0 Å². The van der Waals surface area contributed by atoms with Crippen molar-refractivity contribution in [2.24, 2.45) is 0 Å². The number of aryl methyl sites for hydroxylation is 2. The van der Waals surface area contributed by atoms with Gasteiger partial charge in [0.2, 0.25) is 10.0 Å². The second-order valence-electron chi connectivity index (χ2n) is 6.75. The lowest BCUT2D eigenvalue weighted by molar-refractivity contribution is -0.137. The summed E-state index contributed by atoms with van der Waals surface area (Å²) in [6.45, 7) is 3.30. The van der Waals surface area contributed by atoms with Gasteiger partial charge in [0.1, 0.15) is 4.90 Å². The number of halogens is 3. The van der Waals surface area contributed by atoms with E-state index in [-0.39, 0.29) is 5.78 Å². The summed E-state index contributed by atoms with van der Waals surface area (Å²) in [7, 11) is -6.62. The SMILES string of the molecule is Cc1cc(C)n2nc(S(=O)(=O)Nc3cc(C(F)(F)F)ccc3S(=O)(=O)N(C)C)nc2n1. The van der Waals surface area contributed by atoms with Gasteiger partial charge in [0, 0.05) is 25.5 Å².